The van der Waals surface area contributed by atoms with E-state index in [1.807, 2.05) is 13.8 Å². The fraction of sp³-hybridized carbons (Fsp3) is 0.500. The van der Waals surface area contributed by atoms with Crippen molar-refractivity contribution in [3.8, 4) is 5.75 Å². The number of amides is 2. The molecular formula is C14H19FN2O2. The average molecular weight is 266 g/mol. The van der Waals surface area contributed by atoms with Gasteiger partial charge in [-0.25, -0.2) is 9.18 Å². The van der Waals surface area contributed by atoms with Gasteiger partial charge in [0.2, 0.25) is 0 Å². The summed E-state index contributed by atoms with van der Waals surface area (Å²) in [6.07, 6.45) is 0. The van der Waals surface area contributed by atoms with Crippen LogP contribution in [0.15, 0.2) is 18.2 Å². The van der Waals surface area contributed by atoms with Gasteiger partial charge in [0, 0.05) is 12.1 Å². The van der Waals surface area contributed by atoms with Crippen LogP contribution < -0.4 is 10.1 Å². The molecule has 0 fully saturated rings. The van der Waals surface area contributed by atoms with Crippen LogP contribution >= 0.6 is 0 Å². The van der Waals surface area contributed by atoms with Crippen molar-refractivity contribution in [2.24, 2.45) is 5.92 Å². The van der Waals surface area contributed by atoms with Crippen molar-refractivity contribution in [1.82, 2.24) is 10.2 Å². The second-order valence-electron chi connectivity index (χ2n) is 5.10. The third kappa shape index (κ3) is 3.59. The highest BCUT2D eigenvalue weighted by Gasteiger charge is 2.20. The van der Waals surface area contributed by atoms with Crippen molar-refractivity contribution in [3.63, 3.8) is 0 Å². The van der Waals surface area contributed by atoms with E-state index < -0.39 is 0 Å². The maximum atomic E-state index is 13.2. The van der Waals surface area contributed by atoms with Gasteiger partial charge in [-0.15, -0.1) is 0 Å². The van der Waals surface area contributed by atoms with Crippen molar-refractivity contribution in [2.75, 3.05) is 19.7 Å². The van der Waals surface area contributed by atoms with Crippen molar-refractivity contribution in [1.29, 1.82) is 0 Å². The molecule has 104 valence electrons. The first-order chi connectivity index (χ1) is 9.06. The predicted molar refractivity (Wildman–Crippen MR) is 70.5 cm³/mol. The lowest BCUT2D eigenvalue weighted by Crippen LogP contribution is -2.41. The highest BCUT2D eigenvalue weighted by Crippen LogP contribution is 2.23. The third-order valence-electron chi connectivity index (χ3n) is 2.95. The Morgan fingerprint density at radius 2 is 2.32 bits per heavy atom. The zero-order valence-electron chi connectivity index (χ0n) is 11.3. The largest absolute Gasteiger partial charge is 0.491 e. The number of urea groups is 1. The van der Waals surface area contributed by atoms with E-state index in [4.69, 9.17) is 4.74 Å². The number of hydrogen-bond donors (Lipinski definition) is 1. The lowest BCUT2D eigenvalue weighted by Gasteiger charge is -2.21. The van der Waals surface area contributed by atoms with Crippen LogP contribution in [0.2, 0.25) is 0 Å². The van der Waals surface area contributed by atoms with Gasteiger partial charge in [-0.2, -0.15) is 0 Å². The van der Waals surface area contributed by atoms with Crippen LogP contribution in [-0.2, 0) is 6.54 Å². The molecule has 0 saturated heterocycles. The Bertz CT molecular complexity index is 463. The normalized spacial score (nSPS) is 14.6. The molecule has 0 saturated carbocycles. The summed E-state index contributed by atoms with van der Waals surface area (Å²) in [5, 5.41) is 2.86. The topological polar surface area (TPSA) is 41.6 Å². The molecule has 5 heteroatoms. The molecule has 0 unspecified atom stereocenters. The van der Waals surface area contributed by atoms with Gasteiger partial charge in [-0.1, -0.05) is 13.8 Å². The molecule has 0 atom stereocenters. The quantitative estimate of drug-likeness (QED) is 0.893. The Hall–Kier alpha value is -1.78. The summed E-state index contributed by atoms with van der Waals surface area (Å²) >= 11 is 0. The molecule has 1 aliphatic heterocycles. The summed E-state index contributed by atoms with van der Waals surface area (Å²) in [6.45, 7) is 6.00. The van der Waals surface area contributed by atoms with Crippen LogP contribution in [0.1, 0.15) is 19.4 Å². The Kier molecular flexibility index (Phi) is 4.24. The average Bonchev–Trinajstić information content (AvgIpc) is 2.57. The van der Waals surface area contributed by atoms with E-state index in [2.05, 4.69) is 5.32 Å². The van der Waals surface area contributed by atoms with E-state index in [1.54, 1.807) is 11.0 Å². The molecule has 2 rings (SSSR count). The first-order valence-corrected chi connectivity index (χ1v) is 6.50. The fourth-order valence-corrected chi connectivity index (χ4v) is 1.94. The Labute approximate surface area is 112 Å². The monoisotopic (exact) mass is 266 g/mol. The van der Waals surface area contributed by atoms with Gasteiger partial charge < -0.3 is 15.0 Å². The second kappa shape index (κ2) is 5.91. The molecular weight excluding hydrogens is 247 g/mol. The Morgan fingerprint density at radius 3 is 3.05 bits per heavy atom. The third-order valence-corrected chi connectivity index (χ3v) is 2.95. The maximum absolute atomic E-state index is 13.2. The van der Waals surface area contributed by atoms with Crippen molar-refractivity contribution in [2.45, 2.75) is 20.4 Å². The van der Waals surface area contributed by atoms with Crippen LogP contribution in [0.3, 0.4) is 0 Å². The standard InChI is InChI=1S/C14H19FN2O2/c1-10(2)8-16-14(18)17-5-6-19-13-4-3-12(15)7-11(13)9-17/h3-4,7,10H,5-6,8-9H2,1-2H3,(H,16,18). The highest BCUT2D eigenvalue weighted by atomic mass is 19.1. The number of carbonyl (C=O) groups excluding carboxylic acids is 1. The highest BCUT2D eigenvalue weighted by molar-refractivity contribution is 5.74. The van der Waals surface area contributed by atoms with Crippen molar-refractivity contribution >= 4 is 6.03 Å². The number of carbonyl (C=O) groups is 1. The second-order valence-corrected chi connectivity index (χ2v) is 5.10. The van der Waals surface area contributed by atoms with Crippen LogP contribution in [-0.4, -0.2) is 30.6 Å². The van der Waals surface area contributed by atoms with Gasteiger partial charge in [-0.05, 0) is 24.1 Å². The summed E-state index contributed by atoms with van der Waals surface area (Å²) in [4.78, 5) is 13.7. The summed E-state index contributed by atoms with van der Waals surface area (Å²) in [5.41, 5.74) is 0.706. The number of hydrogen-bond acceptors (Lipinski definition) is 2. The molecule has 0 spiro atoms. The molecule has 1 aromatic rings. The Balaban J connectivity index is 2.06. The summed E-state index contributed by atoms with van der Waals surface area (Å²) in [7, 11) is 0. The minimum atomic E-state index is -0.313. The van der Waals surface area contributed by atoms with Gasteiger partial charge in [-0.3, -0.25) is 0 Å². The molecule has 19 heavy (non-hydrogen) atoms. The SMILES string of the molecule is CC(C)CNC(=O)N1CCOc2ccc(F)cc2C1. The number of benzene rings is 1. The zero-order valence-corrected chi connectivity index (χ0v) is 11.3. The number of nitrogens with zero attached hydrogens (tertiary/aromatic N) is 1. The molecule has 0 aliphatic carbocycles. The van der Waals surface area contributed by atoms with Crippen LogP contribution in [0.5, 0.6) is 5.75 Å². The Morgan fingerprint density at radius 1 is 1.53 bits per heavy atom. The number of rotatable bonds is 2. The van der Waals surface area contributed by atoms with Gasteiger partial charge in [0.1, 0.15) is 18.2 Å². The minimum absolute atomic E-state index is 0.130. The molecule has 1 aliphatic rings. The van der Waals surface area contributed by atoms with Gasteiger partial charge in [0.05, 0.1) is 13.1 Å². The number of halogens is 1. The van der Waals surface area contributed by atoms with E-state index in [1.165, 1.54) is 12.1 Å². The lowest BCUT2D eigenvalue weighted by molar-refractivity contribution is 0.186. The summed E-state index contributed by atoms with van der Waals surface area (Å²) in [6, 6.07) is 4.27. The van der Waals surface area contributed by atoms with Crippen molar-refractivity contribution in [3.05, 3.63) is 29.6 Å². The number of nitrogens with one attached hydrogen (secondary N) is 1. The molecule has 1 N–H and O–H groups in total. The molecule has 1 aromatic carbocycles. The molecule has 1 heterocycles. The van der Waals surface area contributed by atoms with E-state index >= 15 is 0 Å². The van der Waals surface area contributed by atoms with Crippen LogP contribution in [0.25, 0.3) is 0 Å². The van der Waals surface area contributed by atoms with Gasteiger partial charge in [0.15, 0.2) is 0 Å². The number of ether oxygens (including phenoxy) is 1. The summed E-state index contributed by atoms with van der Waals surface area (Å²) in [5.74, 6) is 0.740. The van der Waals surface area contributed by atoms with E-state index in [9.17, 15) is 9.18 Å². The van der Waals surface area contributed by atoms with E-state index in [-0.39, 0.29) is 11.8 Å². The molecule has 2 amide bonds. The fourth-order valence-electron chi connectivity index (χ4n) is 1.94. The smallest absolute Gasteiger partial charge is 0.317 e. The van der Waals surface area contributed by atoms with Crippen LogP contribution in [0, 0.1) is 11.7 Å². The van der Waals surface area contributed by atoms with Crippen LogP contribution in [0.4, 0.5) is 9.18 Å². The maximum Gasteiger partial charge on any atom is 0.317 e. The van der Waals surface area contributed by atoms with Gasteiger partial charge >= 0.3 is 6.03 Å². The number of fused-ring (bicyclic) bond motifs is 1. The molecule has 0 bridgehead atoms. The first kappa shape index (κ1) is 13.6. The van der Waals surface area contributed by atoms with Crippen molar-refractivity contribution < 1.29 is 13.9 Å². The van der Waals surface area contributed by atoms with Gasteiger partial charge in [0.25, 0.3) is 0 Å². The lowest BCUT2D eigenvalue weighted by atomic mass is 10.2. The molecule has 0 aromatic heterocycles. The molecule has 4 nitrogen and oxygen atoms in total. The van der Waals surface area contributed by atoms with E-state index in [0.717, 1.165) is 0 Å². The minimum Gasteiger partial charge on any atom is -0.491 e. The molecule has 0 radical (unpaired) electrons. The zero-order chi connectivity index (χ0) is 13.8. The van der Waals surface area contributed by atoms with E-state index in [0.29, 0.717) is 43.5 Å². The predicted octanol–water partition coefficient (Wildman–Crippen LogP) is 2.39. The summed E-state index contributed by atoms with van der Waals surface area (Å²) < 4.78 is 18.8. The first-order valence-electron chi connectivity index (χ1n) is 6.50.